The molecule has 3 aliphatic rings. The average molecular weight is 491 g/mol. The largest absolute Gasteiger partial charge is 0.465 e. The Balaban J connectivity index is 1.45. The van der Waals surface area contributed by atoms with Gasteiger partial charge in [0.15, 0.2) is 11.6 Å². The van der Waals surface area contributed by atoms with Gasteiger partial charge in [-0.15, -0.1) is 0 Å². The first-order chi connectivity index (χ1) is 16.3. The number of methoxy groups -OCH3 is 1. The first kappa shape index (κ1) is 23.2. The molecule has 1 spiro atoms. The Morgan fingerprint density at radius 3 is 2.71 bits per heavy atom. The minimum absolute atomic E-state index is 0.0775. The van der Waals surface area contributed by atoms with Gasteiger partial charge in [0, 0.05) is 24.2 Å². The van der Waals surface area contributed by atoms with E-state index in [1.807, 2.05) is 0 Å². The third-order valence-electron chi connectivity index (χ3n) is 7.06. The zero-order chi connectivity index (χ0) is 24.0. The second-order valence-electron chi connectivity index (χ2n) is 9.10. The fourth-order valence-corrected chi connectivity index (χ4v) is 5.34. The summed E-state index contributed by atoms with van der Waals surface area (Å²) < 4.78 is 39.0. The Morgan fingerprint density at radius 1 is 1.24 bits per heavy atom. The van der Waals surface area contributed by atoms with Crippen LogP contribution in [0.5, 0.6) is 0 Å². The lowest BCUT2D eigenvalue weighted by molar-refractivity contribution is -0.157. The first-order valence-corrected chi connectivity index (χ1v) is 11.7. The molecule has 34 heavy (non-hydrogen) atoms. The molecular weight excluding hydrogens is 466 g/mol. The summed E-state index contributed by atoms with van der Waals surface area (Å²) in [5, 5.41) is 3.64. The van der Waals surface area contributed by atoms with E-state index in [-0.39, 0.29) is 25.1 Å². The van der Waals surface area contributed by atoms with Crippen LogP contribution in [0.15, 0.2) is 30.3 Å². The van der Waals surface area contributed by atoms with Crippen LogP contribution in [0.4, 0.5) is 8.78 Å². The summed E-state index contributed by atoms with van der Waals surface area (Å²) in [4.78, 5) is 27.6. The number of carbonyl (C=O) groups is 2. The number of esters is 1. The topological polar surface area (TPSA) is 67.9 Å². The molecule has 0 radical (unpaired) electrons. The lowest BCUT2D eigenvalue weighted by Crippen LogP contribution is -2.55. The standard InChI is InChI=1S/C25H25ClF2N2O4/c1-33-24(32)14-2-3-15(20(26)8-14)12-30(17-4-5-17)23(31)19-11-29-7-6-25(19)18-10-22(28)21(27)9-16(18)13-34-25/h2-3,8-10,17,19,29H,4-7,11-13H2,1H3/t19-,25?/m1/s1. The monoisotopic (exact) mass is 490 g/mol. The van der Waals surface area contributed by atoms with E-state index in [4.69, 9.17) is 21.1 Å². The molecule has 1 unspecified atom stereocenters. The third kappa shape index (κ3) is 3.97. The molecule has 2 aromatic carbocycles. The lowest BCUT2D eigenvalue weighted by Gasteiger charge is -2.43. The number of nitrogens with zero attached hydrogens (tertiary/aromatic N) is 1. The summed E-state index contributed by atoms with van der Waals surface area (Å²) in [5.74, 6) is -3.05. The van der Waals surface area contributed by atoms with Crippen LogP contribution >= 0.6 is 11.6 Å². The molecule has 1 saturated heterocycles. The van der Waals surface area contributed by atoms with Gasteiger partial charge in [-0.3, -0.25) is 4.79 Å². The summed E-state index contributed by atoms with van der Waals surface area (Å²) >= 11 is 6.45. The van der Waals surface area contributed by atoms with E-state index in [0.29, 0.717) is 46.8 Å². The van der Waals surface area contributed by atoms with Gasteiger partial charge in [0.25, 0.3) is 0 Å². The number of benzene rings is 2. The Bertz CT molecular complexity index is 1160. The predicted octanol–water partition coefficient (Wildman–Crippen LogP) is 3.93. The average Bonchev–Trinajstić information content (AvgIpc) is 3.63. The van der Waals surface area contributed by atoms with E-state index >= 15 is 0 Å². The van der Waals surface area contributed by atoms with Gasteiger partial charge in [-0.05, 0) is 66.8 Å². The molecule has 1 N–H and O–H groups in total. The molecule has 2 aliphatic heterocycles. The summed E-state index contributed by atoms with van der Waals surface area (Å²) in [7, 11) is 1.30. The molecule has 0 bridgehead atoms. The summed E-state index contributed by atoms with van der Waals surface area (Å²) in [5.41, 5.74) is 1.19. The molecule has 2 fully saturated rings. The van der Waals surface area contributed by atoms with Crippen LogP contribution in [0.25, 0.3) is 0 Å². The number of piperidine rings is 1. The number of ether oxygens (including phenoxy) is 2. The summed E-state index contributed by atoms with van der Waals surface area (Å²) in [6.45, 7) is 1.39. The van der Waals surface area contributed by atoms with Crippen molar-refractivity contribution in [3.8, 4) is 0 Å². The van der Waals surface area contributed by atoms with Crippen molar-refractivity contribution in [3.63, 3.8) is 0 Å². The van der Waals surface area contributed by atoms with Crippen LogP contribution in [0.1, 0.15) is 46.3 Å². The van der Waals surface area contributed by atoms with E-state index in [2.05, 4.69) is 5.32 Å². The minimum atomic E-state index is -1.00. The van der Waals surface area contributed by atoms with Crippen LogP contribution in [-0.4, -0.2) is 43.0 Å². The van der Waals surface area contributed by atoms with E-state index in [0.717, 1.165) is 12.8 Å². The molecule has 0 aromatic heterocycles. The van der Waals surface area contributed by atoms with E-state index < -0.39 is 29.1 Å². The van der Waals surface area contributed by atoms with Crippen molar-refractivity contribution in [3.05, 3.63) is 69.2 Å². The molecule has 1 aliphatic carbocycles. The molecule has 2 atom stereocenters. The van der Waals surface area contributed by atoms with Gasteiger partial charge < -0.3 is 19.7 Å². The van der Waals surface area contributed by atoms with E-state index in [1.165, 1.54) is 25.3 Å². The smallest absolute Gasteiger partial charge is 0.337 e. The van der Waals surface area contributed by atoms with Gasteiger partial charge in [0.2, 0.25) is 5.91 Å². The number of rotatable bonds is 5. The van der Waals surface area contributed by atoms with Crippen molar-refractivity contribution in [2.75, 3.05) is 20.2 Å². The number of hydrogen-bond donors (Lipinski definition) is 1. The summed E-state index contributed by atoms with van der Waals surface area (Å²) in [6.07, 6.45) is 2.25. The third-order valence-corrected chi connectivity index (χ3v) is 7.41. The second-order valence-corrected chi connectivity index (χ2v) is 9.51. The zero-order valence-electron chi connectivity index (χ0n) is 18.7. The van der Waals surface area contributed by atoms with Gasteiger partial charge in [0.05, 0.1) is 25.2 Å². The van der Waals surface area contributed by atoms with Crippen LogP contribution in [0, 0.1) is 17.6 Å². The Kier molecular flexibility index (Phi) is 6.08. The fraction of sp³-hybridized carbons (Fsp3) is 0.440. The van der Waals surface area contributed by atoms with Crippen LogP contribution < -0.4 is 5.32 Å². The maximum atomic E-state index is 14.2. The van der Waals surface area contributed by atoms with Gasteiger partial charge in [0.1, 0.15) is 5.60 Å². The molecule has 1 saturated carbocycles. The van der Waals surface area contributed by atoms with Crippen LogP contribution in [-0.2, 0) is 33.0 Å². The number of fused-ring (bicyclic) bond motifs is 2. The Hall–Kier alpha value is -2.55. The van der Waals surface area contributed by atoms with Crippen LogP contribution in [0.2, 0.25) is 5.02 Å². The Morgan fingerprint density at radius 2 is 2.00 bits per heavy atom. The highest BCUT2D eigenvalue weighted by atomic mass is 35.5. The summed E-state index contributed by atoms with van der Waals surface area (Å²) in [6, 6.07) is 7.33. The first-order valence-electron chi connectivity index (χ1n) is 11.3. The molecule has 9 heteroatoms. The predicted molar refractivity (Wildman–Crippen MR) is 120 cm³/mol. The van der Waals surface area contributed by atoms with Crippen molar-refractivity contribution in [1.29, 1.82) is 0 Å². The quantitative estimate of drug-likeness (QED) is 0.643. The molecule has 6 nitrogen and oxygen atoms in total. The van der Waals surface area contributed by atoms with Crippen molar-refractivity contribution >= 4 is 23.5 Å². The number of nitrogens with one attached hydrogen (secondary N) is 1. The fourth-order valence-electron chi connectivity index (χ4n) is 5.10. The van der Waals surface area contributed by atoms with E-state index in [1.54, 1.807) is 17.0 Å². The highest BCUT2D eigenvalue weighted by Gasteiger charge is 2.53. The second kappa shape index (κ2) is 8.91. The maximum absolute atomic E-state index is 14.2. The normalized spacial score (nSPS) is 23.6. The molecule has 2 aromatic rings. The van der Waals surface area contributed by atoms with Crippen molar-refractivity contribution < 1.29 is 27.8 Å². The highest BCUT2D eigenvalue weighted by Crippen LogP contribution is 2.48. The number of carbonyl (C=O) groups excluding carboxylic acids is 2. The lowest BCUT2D eigenvalue weighted by atomic mass is 9.75. The maximum Gasteiger partial charge on any atom is 0.337 e. The molecule has 2 heterocycles. The van der Waals surface area contributed by atoms with Gasteiger partial charge >= 0.3 is 5.97 Å². The SMILES string of the molecule is COC(=O)c1ccc(CN(C(=O)[C@H]2CNCCC23OCc2cc(F)c(F)cc23)C2CC2)c(Cl)c1. The van der Waals surface area contributed by atoms with Gasteiger partial charge in [-0.2, -0.15) is 0 Å². The molecule has 1 amide bonds. The van der Waals surface area contributed by atoms with Crippen molar-refractivity contribution in [1.82, 2.24) is 10.2 Å². The van der Waals surface area contributed by atoms with Crippen molar-refractivity contribution in [2.24, 2.45) is 5.92 Å². The number of halogens is 3. The molecular formula is C25H25ClF2N2O4. The van der Waals surface area contributed by atoms with Crippen molar-refractivity contribution in [2.45, 2.75) is 44.1 Å². The number of amides is 1. The number of hydrogen-bond acceptors (Lipinski definition) is 5. The zero-order valence-corrected chi connectivity index (χ0v) is 19.5. The molecule has 180 valence electrons. The van der Waals surface area contributed by atoms with Gasteiger partial charge in [-0.1, -0.05) is 17.7 Å². The Labute approximate surface area is 201 Å². The minimum Gasteiger partial charge on any atom is -0.465 e. The van der Waals surface area contributed by atoms with Gasteiger partial charge in [-0.25, -0.2) is 13.6 Å². The van der Waals surface area contributed by atoms with Crippen LogP contribution in [0.3, 0.4) is 0 Å². The van der Waals surface area contributed by atoms with E-state index in [9.17, 15) is 18.4 Å². The highest BCUT2D eigenvalue weighted by molar-refractivity contribution is 6.31. The molecule has 5 rings (SSSR count).